The minimum Gasteiger partial charge on any atom is -0.390 e. The zero-order valence-electron chi connectivity index (χ0n) is 7.34. The van der Waals surface area contributed by atoms with E-state index >= 15 is 0 Å². The third-order valence-corrected chi connectivity index (χ3v) is 1.62. The van der Waals surface area contributed by atoms with Crippen LogP contribution in [0, 0.1) is 0 Å². The largest absolute Gasteiger partial charge is 0.390 e. The van der Waals surface area contributed by atoms with Crippen molar-refractivity contribution in [2.24, 2.45) is 10.7 Å². The summed E-state index contributed by atoms with van der Waals surface area (Å²) in [7, 11) is 1.64. The van der Waals surface area contributed by atoms with E-state index in [1.54, 1.807) is 7.05 Å². The number of nitrogens with two attached hydrogens (primary N) is 1. The molecule has 1 rings (SSSR count). The summed E-state index contributed by atoms with van der Waals surface area (Å²) >= 11 is 0. The molecule has 0 aliphatic carbocycles. The van der Waals surface area contributed by atoms with Crippen molar-refractivity contribution in [1.82, 2.24) is 0 Å². The minimum absolute atomic E-state index is 0.381. The first-order valence-electron chi connectivity index (χ1n) is 3.82. The molecule has 4 nitrogen and oxygen atoms in total. The molecule has 4 heteroatoms. The molecular formula is C9H11N3O. The standard InChI is InChI=1S/C9H11N3O/c1-12(9(13)11-7-10)8-5-3-2-4-6-8/h2-7H,1H3,(H2,10,11,13). The average molecular weight is 177 g/mol. The number of hydrogen-bond donors (Lipinski definition) is 1. The summed E-state index contributed by atoms with van der Waals surface area (Å²) in [6.45, 7) is 0. The third kappa shape index (κ3) is 2.30. The van der Waals surface area contributed by atoms with Crippen LogP contribution in [-0.2, 0) is 0 Å². The second-order valence-corrected chi connectivity index (χ2v) is 2.46. The molecule has 13 heavy (non-hydrogen) atoms. The maximum Gasteiger partial charge on any atom is 0.349 e. The van der Waals surface area contributed by atoms with Crippen molar-refractivity contribution < 1.29 is 4.79 Å². The number of nitrogens with zero attached hydrogens (tertiary/aromatic N) is 2. The Morgan fingerprint density at radius 1 is 1.46 bits per heavy atom. The topological polar surface area (TPSA) is 58.7 Å². The third-order valence-electron chi connectivity index (χ3n) is 1.62. The smallest absolute Gasteiger partial charge is 0.349 e. The molecule has 0 spiro atoms. The van der Waals surface area contributed by atoms with Crippen LogP contribution in [0.15, 0.2) is 35.3 Å². The fourth-order valence-electron chi connectivity index (χ4n) is 0.912. The lowest BCUT2D eigenvalue weighted by molar-refractivity contribution is 0.255. The van der Waals surface area contributed by atoms with Gasteiger partial charge in [-0.25, -0.2) is 4.79 Å². The molecule has 2 N–H and O–H groups in total. The summed E-state index contributed by atoms with van der Waals surface area (Å²) < 4.78 is 0. The summed E-state index contributed by atoms with van der Waals surface area (Å²) in [5.41, 5.74) is 5.80. The van der Waals surface area contributed by atoms with E-state index in [1.807, 2.05) is 30.3 Å². The molecular weight excluding hydrogens is 166 g/mol. The molecule has 0 aromatic heterocycles. The second kappa shape index (κ2) is 4.25. The predicted molar refractivity (Wildman–Crippen MR) is 52.9 cm³/mol. The van der Waals surface area contributed by atoms with Gasteiger partial charge >= 0.3 is 6.03 Å². The van der Waals surface area contributed by atoms with Gasteiger partial charge in [0.2, 0.25) is 0 Å². The fourth-order valence-corrected chi connectivity index (χ4v) is 0.912. The van der Waals surface area contributed by atoms with Gasteiger partial charge in [0.15, 0.2) is 0 Å². The maximum absolute atomic E-state index is 11.2. The summed E-state index contributed by atoms with van der Waals surface area (Å²) in [6.07, 6.45) is 0.988. The van der Waals surface area contributed by atoms with Crippen molar-refractivity contribution in [3.05, 3.63) is 30.3 Å². The number of benzene rings is 1. The quantitative estimate of drug-likeness (QED) is 0.518. The molecule has 0 fully saturated rings. The number of rotatable bonds is 1. The lowest BCUT2D eigenvalue weighted by atomic mass is 10.3. The van der Waals surface area contributed by atoms with E-state index in [1.165, 1.54) is 4.90 Å². The van der Waals surface area contributed by atoms with Gasteiger partial charge in [-0.1, -0.05) is 18.2 Å². The highest BCUT2D eigenvalue weighted by Gasteiger charge is 2.06. The number of carbonyl (C=O) groups is 1. The number of para-hydroxylation sites is 1. The van der Waals surface area contributed by atoms with Gasteiger partial charge < -0.3 is 5.73 Å². The Morgan fingerprint density at radius 3 is 2.62 bits per heavy atom. The summed E-state index contributed by atoms with van der Waals surface area (Å²) in [4.78, 5) is 16.1. The first kappa shape index (κ1) is 9.25. The molecule has 0 saturated carbocycles. The molecule has 0 bridgehead atoms. The summed E-state index contributed by atoms with van der Waals surface area (Å²) in [6, 6.07) is 8.85. The van der Waals surface area contributed by atoms with Gasteiger partial charge in [0.05, 0.1) is 6.34 Å². The van der Waals surface area contributed by atoms with E-state index in [-0.39, 0.29) is 6.03 Å². The summed E-state index contributed by atoms with van der Waals surface area (Å²) in [5, 5.41) is 0. The Hall–Kier alpha value is -1.84. The van der Waals surface area contributed by atoms with Gasteiger partial charge in [-0.15, -0.1) is 0 Å². The van der Waals surface area contributed by atoms with E-state index in [0.29, 0.717) is 0 Å². The zero-order chi connectivity index (χ0) is 9.68. The van der Waals surface area contributed by atoms with Crippen LogP contribution in [0.3, 0.4) is 0 Å². The number of hydrogen-bond acceptors (Lipinski definition) is 1. The van der Waals surface area contributed by atoms with E-state index in [9.17, 15) is 4.79 Å². The van der Waals surface area contributed by atoms with Crippen LogP contribution in [0.4, 0.5) is 10.5 Å². The van der Waals surface area contributed by atoms with Gasteiger partial charge in [-0.3, -0.25) is 4.90 Å². The molecule has 1 aromatic carbocycles. The molecule has 0 aliphatic rings. The number of aliphatic imine (C=N–C) groups is 1. The SMILES string of the molecule is CN(C(=O)N=CN)c1ccccc1. The Labute approximate surface area is 76.7 Å². The van der Waals surface area contributed by atoms with Crippen molar-refractivity contribution in [3.8, 4) is 0 Å². The second-order valence-electron chi connectivity index (χ2n) is 2.46. The average Bonchev–Trinajstić information content (AvgIpc) is 2.18. The molecule has 0 aliphatic heterocycles. The van der Waals surface area contributed by atoms with Gasteiger partial charge in [-0.2, -0.15) is 4.99 Å². The van der Waals surface area contributed by atoms with Crippen molar-refractivity contribution >= 4 is 18.1 Å². The van der Waals surface area contributed by atoms with Crippen LogP contribution in [-0.4, -0.2) is 19.4 Å². The number of carbonyl (C=O) groups excluding carboxylic acids is 1. The Bertz CT molecular complexity index is 308. The molecule has 0 radical (unpaired) electrons. The van der Waals surface area contributed by atoms with E-state index in [0.717, 1.165) is 12.0 Å². The Kier molecular flexibility index (Phi) is 3.03. The molecule has 68 valence electrons. The predicted octanol–water partition coefficient (Wildman–Crippen LogP) is 1.23. The highest BCUT2D eigenvalue weighted by atomic mass is 16.2. The number of urea groups is 1. The zero-order valence-corrected chi connectivity index (χ0v) is 7.34. The highest BCUT2D eigenvalue weighted by Crippen LogP contribution is 2.11. The molecule has 0 saturated heterocycles. The highest BCUT2D eigenvalue weighted by molar-refractivity contribution is 5.95. The minimum atomic E-state index is -0.381. The summed E-state index contributed by atoms with van der Waals surface area (Å²) in [5.74, 6) is 0. The van der Waals surface area contributed by atoms with Crippen molar-refractivity contribution in [2.75, 3.05) is 11.9 Å². The lowest BCUT2D eigenvalue weighted by Crippen LogP contribution is -2.23. The Morgan fingerprint density at radius 2 is 2.08 bits per heavy atom. The molecule has 0 unspecified atom stereocenters. The van der Waals surface area contributed by atoms with Crippen LogP contribution < -0.4 is 10.6 Å². The van der Waals surface area contributed by atoms with Gasteiger partial charge in [0.1, 0.15) is 0 Å². The van der Waals surface area contributed by atoms with E-state index < -0.39 is 0 Å². The first-order chi connectivity index (χ1) is 6.25. The normalized spacial score (nSPS) is 10.2. The van der Waals surface area contributed by atoms with E-state index in [2.05, 4.69) is 4.99 Å². The van der Waals surface area contributed by atoms with Crippen molar-refractivity contribution in [2.45, 2.75) is 0 Å². The maximum atomic E-state index is 11.2. The van der Waals surface area contributed by atoms with Crippen LogP contribution >= 0.6 is 0 Å². The van der Waals surface area contributed by atoms with Gasteiger partial charge in [0, 0.05) is 12.7 Å². The fraction of sp³-hybridized carbons (Fsp3) is 0.111. The van der Waals surface area contributed by atoms with Crippen LogP contribution in [0.25, 0.3) is 0 Å². The van der Waals surface area contributed by atoms with Crippen LogP contribution in [0.2, 0.25) is 0 Å². The molecule has 2 amide bonds. The number of amides is 2. The van der Waals surface area contributed by atoms with E-state index in [4.69, 9.17) is 5.73 Å². The van der Waals surface area contributed by atoms with Crippen molar-refractivity contribution in [3.63, 3.8) is 0 Å². The van der Waals surface area contributed by atoms with Gasteiger partial charge in [0.25, 0.3) is 0 Å². The molecule has 1 aromatic rings. The molecule has 0 atom stereocenters. The van der Waals surface area contributed by atoms with Gasteiger partial charge in [-0.05, 0) is 12.1 Å². The van der Waals surface area contributed by atoms with Crippen molar-refractivity contribution in [1.29, 1.82) is 0 Å². The lowest BCUT2D eigenvalue weighted by Gasteiger charge is -2.13. The van der Waals surface area contributed by atoms with Crippen LogP contribution in [0.5, 0.6) is 0 Å². The molecule has 0 heterocycles. The van der Waals surface area contributed by atoms with Crippen LogP contribution in [0.1, 0.15) is 0 Å². The Balaban J connectivity index is 2.79. The first-order valence-corrected chi connectivity index (χ1v) is 3.82. The number of anilines is 1. The monoisotopic (exact) mass is 177 g/mol.